The molecule has 0 bridgehead atoms. The average molecular weight is 236 g/mol. The van der Waals surface area contributed by atoms with E-state index in [4.69, 9.17) is 14.2 Å². The van der Waals surface area contributed by atoms with Gasteiger partial charge in [0.2, 0.25) is 0 Å². The lowest BCUT2D eigenvalue weighted by Crippen LogP contribution is -2.06. The van der Waals surface area contributed by atoms with Crippen LogP contribution in [0.1, 0.15) is 36.3 Å². The van der Waals surface area contributed by atoms with E-state index >= 15 is 0 Å². The molecule has 1 fully saturated rings. The fraction of sp³-hybridized carbons (Fsp3) is 0.571. The largest absolute Gasteiger partial charge is 0.493 e. The van der Waals surface area contributed by atoms with Gasteiger partial charge in [-0.2, -0.15) is 0 Å². The van der Waals surface area contributed by atoms with E-state index in [1.807, 2.05) is 0 Å². The molecule has 1 aliphatic rings. The smallest absolute Gasteiger partial charge is 0.187 e. The van der Waals surface area contributed by atoms with E-state index < -0.39 is 0 Å². The topological polar surface area (TPSA) is 27.7 Å². The van der Waals surface area contributed by atoms with Crippen LogP contribution in [0.3, 0.4) is 0 Å². The van der Waals surface area contributed by atoms with E-state index in [0.29, 0.717) is 13.2 Å². The van der Waals surface area contributed by atoms with Gasteiger partial charge in [0.1, 0.15) is 5.75 Å². The number of benzene rings is 1. The highest BCUT2D eigenvalue weighted by Crippen LogP contribution is 2.34. The lowest BCUT2D eigenvalue weighted by Gasteiger charge is -2.18. The SMILES string of the molecule is CCCOc1c(C)cc(C)cc1C1OCCO1. The Morgan fingerprint density at radius 1 is 1.24 bits per heavy atom. The predicted molar refractivity (Wildman–Crippen MR) is 66.3 cm³/mol. The molecule has 1 saturated heterocycles. The molecule has 1 aromatic carbocycles. The van der Waals surface area contributed by atoms with Crippen LogP contribution in [-0.4, -0.2) is 19.8 Å². The van der Waals surface area contributed by atoms with Gasteiger partial charge in [0.25, 0.3) is 0 Å². The molecule has 0 saturated carbocycles. The van der Waals surface area contributed by atoms with Crippen LogP contribution in [0.25, 0.3) is 0 Å². The monoisotopic (exact) mass is 236 g/mol. The molecule has 0 unspecified atom stereocenters. The van der Waals surface area contributed by atoms with Crippen molar-refractivity contribution in [3.63, 3.8) is 0 Å². The fourth-order valence-corrected chi connectivity index (χ4v) is 2.10. The second kappa shape index (κ2) is 5.52. The molecule has 0 aliphatic carbocycles. The predicted octanol–water partition coefficient (Wildman–Crippen LogP) is 3.14. The number of rotatable bonds is 4. The highest BCUT2D eigenvalue weighted by molar-refractivity contribution is 5.44. The summed E-state index contributed by atoms with van der Waals surface area (Å²) < 4.78 is 17.0. The van der Waals surface area contributed by atoms with Gasteiger partial charge in [0.15, 0.2) is 6.29 Å². The van der Waals surface area contributed by atoms with E-state index in [1.165, 1.54) is 5.56 Å². The first kappa shape index (κ1) is 12.4. The Kier molecular flexibility index (Phi) is 4.02. The lowest BCUT2D eigenvalue weighted by atomic mass is 10.1. The maximum Gasteiger partial charge on any atom is 0.187 e. The summed E-state index contributed by atoms with van der Waals surface area (Å²) in [6.45, 7) is 8.29. The molecule has 0 amide bonds. The Balaban J connectivity index is 2.32. The summed E-state index contributed by atoms with van der Waals surface area (Å²) in [6, 6.07) is 4.22. The summed E-state index contributed by atoms with van der Waals surface area (Å²) in [4.78, 5) is 0. The van der Waals surface area contributed by atoms with E-state index in [-0.39, 0.29) is 6.29 Å². The third kappa shape index (κ3) is 2.79. The molecule has 0 radical (unpaired) electrons. The van der Waals surface area contributed by atoms with E-state index in [1.54, 1.807) is 0 Å². The zero-order valence-corrected chi connectivity index (χ0v) is 10.8. The second-order valence-electron chi connectivity index (χ2n) is 4.42. The quantitative estimate of drug-likeness (QED) is 0.803. The van der Waals surface area contributed by atoms with Gasteiger partial charge >= 0.3 is 0 Å². The van der Waals surface area contributed by atoms with Crippen LogP contribution >= 0.6 is 0 Å². The molecule has 0 spiro atoms. The van der Waals surface area contributed by atoms with Crippen molar-refractivity contribution in [1.29, 1.82) is 0 Å². The minimum absolute atomic E-state index is 0.263. The molecule has 1 aromatic rings. The van der Waals surface area contributed by atoms with Crippen molar-refractivity contribution in [2.24, 2.45) is 0 Å². The van der Waals surface area contributed by atoms with Crippen molar-refractivity contribution in [2.45, 2.75) is 33.5 Å². The van der Waals surface area contributed by atoms with Gasteiger partial charge in [-0.05, 0) is 31.9 Å². The van der Waals surface area contributed by atoms with Crippen molar-refractivity contribution < 1.29 is 14.2 Å². The Labute approximate surface area is 103 Å². The summed E-state index contributed by atoms with van der Waals surface area (Å²) in [5.74, 6) is 0.921. The number of aryl methyl sites for hydroxylation is 2. The molecule has 1 aliphatic heterocycles. The van der Waals surface area contributed by atoms with Crippen LogP contribution in [0, 0.1) is 13.8 Å². The lowest BCUT2D eigenvalue weighted by molar-refractivity contribution is -0.0458. The fourth-order valence-electron chi connectivity index (χ4n) is 2.10. The number of hydrogen-bond donors (Lipinski definition) is 0. The molecule has 0 aromatic heterocycles. The van der Waals surface area contributed by atoms with Gasteiger partial charge in [-0.25, -0.2) is 0 Å². The maximum absolute atomic E-state index is 5.82. The molecular weight excluding hydrogens is 216 g/mol. The first-order chi connectivity index (χ1) is 8.22. The summed E-state index contributed by atoms with van der Waals surface area (Å²) >= 11 is 0. The molecule has 2 rings (SSSR count). The summed E-state index contributed by atoms with van der Waals surface area (Å²) in [7, 11) is 0. The Morgan fingerprint density at radius 2 is 1.94 bits per heavy atom. The summed E-state index contributed by atoms with van der Waals surface area (Å²) in [5.41, 5.74) is 3.38. The maximum atomic E-state index is 5.82. The van der Waals surface area contributed by atoms with Gasteiger partial charge < -0.3 is 14.2 Å². The van der Waals surface area contributed by atoms with Crippen LogP contribution in [0.15, 0.2) is 12.1 Å². The van der Waals surface area contributed by atoms with Crippen molar-refractivity contribution >= 4 is 0 Å². The standard InChI is InChI=1S/C14H20O3/c1-4-5-15-13-11(3)8-10(2)9-12(13)14-16-6-7-17-14/h8-9,14H,4-7H2,1-3H3. The molecule has 0 N–H and O–H groups in total. The number of ether oxygens (including phenoxy) is 3. The van der Waals surface area contributed by atoms with Crippen molar-refractivity contribution in [3.05, 3.63) is 28.8 Å². The highest BCUT2D eigenvalue weighted by Gasteiger charge is 2.23. The van der Waals surface area contributed by atoms with E-state index in [9.17, 15) is 0 Å². The normalized spacial score (nSPS) is 16.4. The van der Waals surface area contributed by atoms with Gasteiger partial charge in [-0.15, -0.1) is 0 Å². The van der Waals surface area contributed by atoms with Crippen molar-refractivity contribution in [3.8, 4) is 5.75 Å². The number of hydrogen-bond acceptors (Lipinski definition) is 3. The highest BCUT2D eigenvalue weighted by atomic mass is 16.7. The molecule has 3 heteroatoms. The van der Waals surface area contributed by atoms with E-state index in [2.05, 4.69) is 32.9 Å². The molecule has 0 atom stereocenters. The van der Waals surface area contributed by atoms with Gasteiger partial charge in [0.05, 0.1) is 25.4 Å². The zero-order valence-electron chi connectivity index (χ0n) is 10.8. The van der Waals surface area contributed by atoms with Crippen LogP contribution in [-0.2, 0) is 9.47 Å². The third-order valence-corrected chi connectivity index (χ3v) is 2.77. The molecule has 17 heavy (non-hydrogen) atoms. The van der Waals surface area contributed by atoms with Crippen LogP contribution in [0.2, 0.25) is 0 Å². The average Bonchev–Trinajstić information content (AvgIpc) is 2.80. The summed E-state index contributed by atoms with van der Waals surface area (Å²) in [5, 5.41) is 0. The van der Waals surface area contributed by atoms with Crippen LogP contribution in [0.4, 0.5) is 0 Å². The molecule has 1 heterocycles. The van der Waals surface area contributed by atoms with Crippen molar-refractivity contribution in [1.82, 2.24) is 0 Å². The zero-order chi connectivity index (χ0) is 12.3. The van der Waals surface area contributed by atoms with Gasteiger partial charge in [0, 0.05) is 0 Å². The Morgan fingerprint density at radius 3 is 2.59 bits per heavy atom. The molecule has 94 valence electrons. The van der Waals surface area contributed by atoms with Gasteiger partial charge in [-0.3, -0.25) is 0 Å². The Hall–Kier alpha value is -1.06. The minimum Gasteiger partial charge on any atom is -0.493 e. The second-order valence-corrected chi connectivity index (χ2v) is 4.42. The van der Waals surface area contributed by atoms with E-state index in [0.717, 1.165) is 29.9 Å². The van der Waals surface area contributed by atoms with Crippen molar-refractivity contribution in [2.75, 3.05) is 19.8 Å². The third-order valence-electron chi connectivity index (χ3n) is 2.77. The first-order valence-corrected chi connectivity index (χ1v) is 6.19. The summed E-state index contributed by atoms with van der Waals surface area (Å²) in [6.07, 6.45) is 0.736. The van der Waals surface area contributed by atoms with Crippen LogP contribution in [0.5, 0.6) is 5.75 Å². The molecule has 3 nitrogen and oxygen atoms in total. The minimum atomic E-state index is -0.263. The molecular formula is C14H20O3. The Bertz CT molecular complexity index is 381. The van der Waals surface area contributed by atoms with Crippen LogP contribution < -0.4 is 4.74 Å². The van der Waals surface area contributed by atoms with Gasteiger partial charge in [-0.1, -0.05) is 18.6 Å². The first-order valence-electron chi connectivity index (χ1n) is 6.19.